The fraction of sp³-hybridized carbons (Fsp3) is 0.250. The highest BCUT2D eigenvalue weighted by atomic mass is 19.1. The first-order valence-electron chi connectivity index (χ1n) is 9.39. The normalized spacial score (nSPS) is 14.5. The fourth-order valence-corrected chi connectivity index (χ4v) is 3.63. The van der Waals surface area contributed by atoms with Crippen LogP contribution in [0, 0.1) is 5.82 Å². The number of aryl methyl sites for hydroxylation is 1. The monoisotopic (exact) mass is 411 g/mol. The maximum Gasteiger partial charge on any atom is 0.293 e. The summed E-state index contributed by atoms with van der Waals surface area (Å²) in [6.07, 6.45) is -0.0704. The number of amides is 1. The Balaban J connectivity index is 1.69. The lowest BCUT2D eigenvalue weighted by Gasteiger charge is -2.13. The van der Waals surface area contributed by atoms with Gasteiger partial charge < -0.3 is 29.9 Å². The number of anilines is 1. The second-order valence-electron chi connectivity index (χ2n) is 7.10. The summed E-state index contributed by atoms with van der Waals surface area (Å²) >= 11 is 0. The zero-order valence-electron chi connectivity index (χ0n) is 16.0. The number of carbonyl (C=O) groups is 1. The van der Waals surface area contributed by atoms with Crippen molar-refractivity contribution in [3.63, 3.8) is 0 Å². The van der Waals surface area contributed by atoms with Crippen molar-refractivity contribution in [2.24, 2.45) is 5.73 Å². The molecular formula is C20H18FN5O4. The molecular weight excluding hydrogens is 393 g/mol. The number of ether oxygens (including phenoxy) is 2. The molecule has 4 aromatic rings. The molecule has 0 fully saturated rings. The van der Waals surface area contributed by atoms with Crippen LogP contribution in [0.1, 0.15) is 13.3 Å². The van der Waals surface area contributed by atoms with Gasteiger partial charge >= 0.3 is 0 Å². The molecule has 5 rings (SSSR count). The molecule has 3 heterocycles. The highest BCUT2D eigenvalue weighted by Crippen LogP contribution is 2.38. The number of primary amides is 1. The molecule has 2 aromatic heterocycles. The average molecular weight is 411 g/mol. The summed E-state index contributed by atoms with van der Waals surface area (Å²) < 4.78 is 33.2. The summed E-state index contributed by atoms with van der Waals surface area (Å²) in [7, 11) is 0. The highest BCUT2D eigenvalue weighted by molar-refractivity contribution is 5.89. The molecule has 1 amide bonds. The third-order valence-electron chi connectivity index (χ3n) is 5.00. The van der Waals surface area contributed by atoms with E-state index in [1.807, 2.05) is 4.57 Å². The van der Waals surface area contributed by atoms with Crippen molar-refractivity contribution in [2.45, 2.75) is 26.0 Å². The van der Waals surface area contributed by atoms with Crippen molar-refractivity contribution in [2.75, 3.05) is 12.3 Å². The SMILES string of the molecule is C[C@H](Oc1cc2c3c(c1)nc(-c1cc(F)c4oc(N)nc4c1)n3CCCO2)C(N)=O. The van der Waals surface area contributed by atoms with Gasteiger partial charge in [0.25, 0.3) is 11.9 Å². The van der Waals surface area contributed by atoms with E-state index in [0.717, 1.165) is 11.9 Å². The molecule has 10 heteroatoms. The molecule has 1 atom stereocenters. The van der Waals surface area contributed by atoms with Gasteiger partial charge in [0.1, 0.15) is 28.4 Å². The second kappa shape index (κ2) is 6.61. The first kappa shape index (κ1) is 18.2. The number of fused-ring (bicyclic) bond motifs is 1. The number of hydrogen-bond donors (Lipinski definition) is 2. The Labute approximate surface area is 169 Å². The van der Waals surface area contributed by atoms with E-state index in [2.05, 4.69) is 4.98 Å². The van der Waals surface area contributed by atoms with Gasteiger partial charge in [-0.25, -0.2) is 9.37 Å². The molecule has 0 unspecified atom stereocenters. The quantitative estimate of drug-likeness (QED) is 0.527. The van der Waals surface area contributed by atoms with E-state index < -0.39 is 17.8 Å². The standard InChI is InChI=1S/C20H18FN5O4/c1-9(18(22)27)29-11-7-13-16-15(8-11)28-4-2-3-26(16)19(24-13)10-5-12(21)17-14(6-10)25-20(23)30-17/h5-9H,2-4H2,1H3,(H2,22,27)(H2,23,25)/t9-/m0/s1. The first-order valence-corrected chi connectivity index (χ1v) is 9.39. The number of aromatic nitrogens is 3. The molecule has 0 spiro atoms. The summed E-state index contributed by atoms with van der Waals surface area (Å²) in [4.78, 5) is 20.1. The number of oxazole rings is 1. The predicted octanol–water partition coefficient (Wildman–Crippen LogP) is 2.60. The van der Waals surface area contributed by atoms with Crippen LogP contribution in [0.4, 0.5) is 10.4 Å². The van der Waals surface area contributed by atoms with Gasteiger partial charge in [0.2, 0.25) is 0 Å². The molecule has 30 heavy (non-hydrogen) atoms. The summed E-state index contributed by atoms with van der Waals surface area (Å²) in [5.74, 6) is 0.384. The summed E-state index contributed by atoms with van der Waals surface area (Å²) in [6, 6.07) is 6.33. The molecule has 1 aliphatic rings. The van der Waals surface area contributed by atoms with Gasteiger partial charge in [-0.2, -0.15) is 4.98 Å². The number of nitrogens with two attached hydrogens (primary N) is 2. The van der Waals surface area contributed by atoms with Crippen LogP contribution in [0.2, 0.25) is 0 Å². The molecule has 154 valence electrons. The van der Waals surface area contributed by atoms with Crippen LogP contribution in [0.3, 0.4) is 0 Å². The summed E-state index contributed by atoms with van der Waals surface area (Å²) in [5.41, 5.74) is 13.1. The lowest BCUT2D eigenvalue weighted by atomic mass is 10.2. The van der Waals surface area contributed by atoms with Crippen LogP contribution < -0.4 is 20.9 Å². The van der Waals surface area contributed by atoms with Crippen LogP contribution in [-0.2, 0) is 11.3 Å². The number of nitrogen functional groups attached to an aromatic ring is 1. The van der Waals surface area contributed by atoms with Crippen LogP contribution in [0.15, 0.2) is 28.7 Å². The van der Waals surface area contributed by atoms with E-state index in [1.165, 1.54) is 6.07 Å². The number of benzene rings is 2. The molecule has 0 saturated carbocycles. The maximum atomic E-state index is 14.6. The van der Waals surface area contributed by atoms with Crippen molar-refractivity contribution in [1.82, 2.24) is 14.5 Å². The van der Waals surface area contributed by atoms with Gasteiger partial charge in [0, 0.05) is 24.2 Å². The minimum Gasteiger partial charge on any atom is -0.491 e. The Bertz CT molecular complexity index is 1310. The Morgan fingerprint density at radius 3 is 2.90 bits per heavy atom. The molecule has 2 aromatic carbocycles. The molecule has 1 aliphatic heterocycles. The molecule has 0 saturated heterocycles. The minimum atomic E-state index is -0.809. The van der Waals surface area contributed by atoms with Gasteiger partial charge in [-0.3, -0.25) is 4.79 Å². The van der Waals surface area contributed by atoms with Gasteiger partial charge in [0.05, 0.1) is 12.1 Å². The van der Waals surface area contributed by atoms with Gasteiger partial charge in [-0.05, 0) is 25.5 Å². The zero-order chi connectivity index (χ0) is 21.0. The average Bonchev–Trinajstić information content (AvgIpc) is 3.17. The number of imidazole rings is 1. The number of carbonyl (C=O) groups excluding carboxylic acids is 1. The van der Waals surface area contributed by atoms with Crippen molar-refractivity contribution in [3.8, 4) is 22.9 Å². The third-order valence-corrected chi connectivity index (χ3v) is 5.00. The third kappa shape index (κ3) is 2.88. The summed E-state index contributed by atoms with van der Waals surface area (Å²) in [5, 5.41) is 0. The van der Waals surface area contributed by atoms with E-state index in [9.17, 15) is 9.18 Å². The van der Waals surface area contributed by atoms with Gasteiger partial charge in [-0.15, -0.1) is 0 Å². The molecule has 0 aliphatic carbocycles. The Morgan fingerprint density at radius 2 is 2.10 bits per heavy atom. The van der Waals surface area contributed by atoms with Crippen LogP contribution >= 0.6 is 0 Å². The predicted molar refractivity (Wildman–Crippen MR) is 107 cm³/mol. The van der Waals surface area contributed by atoms with E-state index in [0.29, 0.717) is 47.1 Å². The molecule has 4 N–H and O–H groups in total. The van der Waals surface area contributed by atoms with Crippen LogP contribution in [0.5, 0.6) is 11.5 Å². The Hall–Kier alpha value is -3.82. The van der Waals surface area contributed by atoms with E-state index in [-0.39, 0.29) is 11.6 Å². The van der Waals surface area contributed by atoms with Crippen molar-refractivity contribution < 1.29 is 23.1 Å². The van der Waals surface area contributed by atoms with Gasteiger partial charge in [-0.1, -0.05) is 0 Å². The topological polar surface area (TPSA) is 131 Å². The fourth-order valence-electron chi connectivity index (χ4n) is 3.63. The number of halogens is 1. The summed E-state index contributed by atoms with van der Waals surface area (Å²) in [6.45, 7) is 2.70. The number of hydrogen-bond acceptors (Lipinski definition) is 7. The minimum absolute atomic E-state index is 0.00313. The van der Waals surface area contributed by atoms with Gasteiger partial charge in [0.15, 0.2) is 17.5 Å². The first-order chi connectivity index (χ1) is 14.4. The number of nitrogens with zero attached hydrogens (tertiary/aromatic N) is 3. The molecule has 9 nitrogen and oxygen atoms in total. The van der Waals surface area contributed by atoms with Crippen molar-refractivity contribution in [1.29, 1.82) is 0 Å². The lowest BCUT2D eigenvalue weighted by molar-refractivity contribution is -0.123. The number of rotatable bonds is 4. The maximum absolute atomic E-state index is 14.6. The Kier molecular flexibility index (Phi) is 4.02. The van der Waals surface area contributed by atoms with E-state index >= 15 is 0 Å². The van der Waals surface area contributed by atoms with Crippen LogP contribution in [-0.4, -0.2) is 33.2 Å². The van der Waals surface area contributed by atoms with Crippen molar-refractivity contribution >= 4 is 34.1 Å². The van der Waals surface area contributed by atoms with E-state index in [4.69, 9.17) is 30.3 Å². The smallest absolute Gasteiger partial charge is 0.293 e. The zero-order valence-corrected chi connectivity index (χ0v) is 16.0. The lowest BCUT2D eigenvalue weighted by Crippen LogP contribution is -2.30. The molecule has 0 radical (unpaired) electrons. The highest BCUT2D eigenvalue weighted by Gasteiger charge is 2.23. The van der Waals surface area contributed by atoms with Crippen molar-refractivity contribution in [3.05, 3.63) is 30.1 Å². The van der Waals surface area contributed by atoms with E-state index in [1.54, 1.807) is 25.1 Å². The van der Waals surface area contributed by atoms with Crippen LogP contribution in [0.25, 0.3) is 33.5 Å². The second-order valence-corrected chi connectivity index (χ2v) is 7.10. The molecule has 0 bridgehead atoms. The largest absolute Gasteiger partial charge is 0.491 e. The Morgan fingerprint density at radius 1 is 1.27 bits per heavy atom.